The highest BCUT2D eigenvalue weighted by Crippen LogP contribution is 2.32. The fourth-order valence-corrected chi connectivity index (χ4v) is 1.72. The lowest BCUT2D eigenvalue weighted by atomic mass is 10.2. The molecule has 3 nitrogen and oxygen atoms in total. The summed E-state index contributed by atoms with van der Waals surface area (Å²) in [5.41, 5.74) is 6.28. The van der Waals surface area contributed by atoms with Gasteiger partial charge in [-0.25, -0.2) is 0 Å². The Bertz CT molecular complexity index is 164. The average molecular weight is 199 g/mol. The number of nitrogens with zero attached hydrogens (tertiary/aromatic N) is 2. The standard InChI is InChI=1S/C11H25N3/c1-4-14(9-5-8-13(2)3)10-11(12)6-7-11/h4-10,12H2,1-3H3. The molecule has 1 fully saturated rings. The molecule has 0 aromatic heterocycles. The first-order valence-electron chi connectivity index (χ1n) is 5.72. The lowest BCUT2D eigenvalue weighted by Gasteiger charge is -2.24. The minimum Gasteiger partial charge on any atom is -0.324 e. The van der Waals surface area contributed by atoms with Crippen LogP contribution in [0.1, 0.15) is 26.2 Å². The van der Waals surface area contributed by atoms with E-state index in [1.54, 1.807) is 0 Å². The lowest BCUT2D eigenvalue weighted by molar-refractivity contribution is 0.246. The van der Waals surface area contributed by atoms with Crippen LogP contribution in [0.25, 0.3) is 0 Å². The van der Waals surface area contributed by atoms with Gasteiger partial charge in [0.25, 0.3) is 0 Å². The Kier molecular flexibility index (Phi) is 4.35. The van der Waals surface area contributed by atoms with Crippen LogP contribution >= 0.6 is 0 Å². The zero-order valence-corrected chi connectivity index (χ0v) is 9.92. The first-order chi connectivity index (χ1) is 6.56. The first-order valence-corrected chi connectivity index (χ1v) is 5.72. The summed E-state index contributed by atoms with van der Waals surface area (Å²) in [6.07, 6.45) is 3.69. The molecule has 1 aliphatic carbocycles. The van der Waals surface area contributed by atoms with Gasteiger partial charge in [0.2, 0.25) is 0 Å². The molecule has 84 valence electrons. The van der Waals surface area contributed by atoms with Crippen molar-refractivity contribution in [3.63, 3.8) is 0 Å². The fraction of sp³-hybridized carbons (Fsp3) is 1.00. The Labute approximate surface area is 88.2 Å². The molecular weight excluding hydrogens is 174 g/mol. The van der Waals surface area contributed by atoms with Crippen LogP contribution in [-0.2, 0) is 0 Å². The van der Waals surface area contributed by atoms with Gasteiger partial charge >= 0.3 is 0 Å². The van der Waals surface area contributed by atoms with Crippen molar-refractivity contribution < 1.29 is 0 Å². The number of likely N-dealkylation sites (N-methyl/N-ethyl adjacent to an activating group) is 1. The maximum atomic E-state index is 6.10. The molecule has 0 aliphatic heterocycles. The third kappa shape index (κ3) is 4.40. The molecule has 1 saturated carbocycles. The van der Waals surface area contributed by atoms with Gasteiger partial charge < -0.3 is 15.5 Å². The third-order valence-corrected chi connectivity index (χ3v) is 2.96. The molecule has 0 atom stereocenters. The van der Waals surface area contributed by atoms with Crippen LogP contribution in [0.3, 0.4) is 0 Å². The monoisotopic (exact) mass is 199 g/mol. The van der Waals surface area contributed by atoms with Gasteiger partial charge in [0.15, 0.2) is 0 Å². The van der Waals surface area contributed by atoms with Crippen molar-refractivity contribution in [1.82, 2.24) is 9.80 Å². The second-order valence-electron chi connectivity index (χ2n) is 4.89. The number of rotatable bonds is 7. The second-order valence-corrected chi connectivity index (χ2v) is 4.89. The van der Waals surface area contributed by atoms with Gasteiger partial charge in [-0.1, -0.05) is 6.92 Å². The number of nitrogens with two attached hydrogens (primary N) is 1. The minimum atomic E-state index is 0.175. The van der Waals surface area contributed by atoms with Crippen molar-refractivity contribution in [2.24, 2.45) is 5.73 Å². The predicted molar refractivity (Wildman–Crippen MR) is 61.4 cm³/mol. The Morgan fingerprint density at radius 1 is 1.21 bits per heavy atom. The van der Waals surface area contributed by atoms with Crippen molar-refractivity contribution in [3.8, 4) is 0 Å². The van der Waals surface area contributed by atoms with Crippen molar-refractivity contribution in [2.75, 3.05) is 40.3 Å². The molecule has 14 heavy (non-hydrogen) atoms. The molecule has 3 heteroatoms. The van der Waals surface area contributed by atoms with Crippen LogP contribution in [0.5, 0.6) is 0 Å². The van der Waals surface area contributed by atoms with Crippen LogP contribution in [-0.4, -0.2) is 55.6 Å². The zero-order chi connectivity index (χ0) is 10.6. The van der Waals surface area contributed by atoms with Crippen LogP contribution in [0, 0.1) is 0 Å². The lowest BCUT2D eigenvalue weighted by Crippen LogP contribution is -2.40. The van der Waals surface area contributed by atoms with Crippen LogP contribution in [0.4, 0.5) is 0 Å². The smallest absolute Gasteiger partial charge is 0.0284 e. The van der Waals surface area contributed by atoms with E-state index in [2.05, 4.69) is 30.8 Å². The predicted octanol–water partition coefficient (Wildman–Crippen LogP) is 0.751. The molecule has 1 aliphatic rings. The summed E-state index contributed by atoms with van der Waals surface area (Å²) in [7, 11) is 4.25. The molecule has 0 bridgehead atoms. The second kappa shape index (κ2) is 5.10. The largest absolute Gasteiger partial charge is 0.324 e. The minimum absolute atomic E-state index is 0.175. The van der Waals surface area contributed by atoms with E-state index in [1.807, 2.05) is 0 Å². The molecule has 0 aromatic carbocycles. The van der Waals surface area contributed by atoms with Crippen LogP contribution < -0.4 is 5.73 Å². The molecule has 0 radical (unpaired) electrons. The summed E-state index contributed by atoms with van der Waals surface area (Å²) in [5, 5.41) is 0. The normalized spacial score (nSPS) is 19.3. The Morgan fingerprint density at radius 2 is 1.86 bits per heavy atom. The summed E-state index contributed by atoms with van der Waals surface area (Å²) in [6.45, 7) is 6.81. The molecular formula is C11H25N3. The highest BCUT2D eigenvalue weighted by molar-refractivity contribution is 5.00. The van der Waals surface area contributed by atoms with E-state index < -0.39 is 0 Å². The van der Waals surface area contributed by atoms with Crippen LogP contribution in [0.15, 0.2) is 0 Å². The molecule has 1 rings (SSSR count). The quantitative estimate of drug-likeness (QED) is 0.657. The Balaban J connectivity index is 2.12. The molecule has 2 N–H and O–H groups in total. The van der Waals surface area contributed by atoms with Gasteiger partial charge in [0, 0.05) is 12.1 Å². The summed E-state index contributed by atoms with van der Waals surface area (Å²) < 4.78 is 0. The van der Waals surface area contributed by atoms with Crippen molar-refractivity contribution >= 4 is 0 Å². The van der Waals surface area contributed by atoms with Crippen molar-refractivity contribution in [1.29, 1.82) is 0 Å². The summed E-state index contributed by atoms with van der Waals surface area (Å²) in [5.74, 6) is 0. The molecule has 0 saturated heterocycles. The van der Waals surface area contributed by atoms with E-state index in [9.17, 15) is 0 Å². The molecule has 0 aromatic rings. The summed E-state index contributed by atoms with van der Waals surface area (Å²) >= 11 is 0. The summed E-state index contributed by atoms with van der Waals surface area (Å²) in [6, 6.07) is 0. The molecule has 0 amide bonds. The van der Waals surface area contributed by atoms with E-state index in [-0.39, 0.29) is 5.54 Å². The van der Waals surface area contributed by atoms with E-state index in [4.69, 9.17) is 5.73 Å². The Hall–Kier alpha value is -0.120. The molecule has 0 unspecified atom stereocenters. The fourth-order valence-electron chi connectivity index (χ4n) is 1.72. The van der Waals surface area contributed by atoms with E-state index in [0.717, 1.165) is 13.1 Å². The van der Waals surface area contributed by atoms with E-state index in [1.165, 1.54) is 32.4 Å². The third-order valence-electron chi connectivity index (χ3n) is 2.96. The van der Waals surface area contributed by atoms with Crippen molar-refractivity contribution in [3.05, 3.63) is 0 Å². The number of hydrogen-bond donors (Lipinski definition) is 1. The zero-order valence-electron chi connectivity index (χ0n) is 9.92. The van der Waals surface area contributed by atoms with Crippen LogP contribution in [0.2, 0.25) is 0 Å². The highest BCUT2D eigenvalue weighted by Gasteiger charge is 2.39. The number of hydrogen-bond acceptors (Lipinski definition) is 3. The SMILES string of the molecule is CCN(CCCN(C)C)CC1(N)CC1. The average Bonchev–Trinajstić information content (AvgIpc) is 2.81. The van der Waals surface area contributed by atoms with E-state index >= 15 is 0 Å². The molecule has 0 heterocycles. The van der Waals surface area contributed by atoms with E-state index in [0.29, 0.717) is 0 Å². The maximum absolute atomic E-state index is 6.10. The van der Waals surface area contributed by atoms with Crippen molar-refractivity contribution in [2.45, 2.75) is 31.7 Å². The first kappa shape index (κ1) is 12.0. The highest BCUT2D eigenvalue weighted by atomic mass is 15.2. The topological polar surface area (TPSA) is 32.5 Å². The summed E-state index contributed by atoms with van der Waals surface area (Å²) in [4.78, 5) is 4.72. The van der Waals surface area contributed by atoms with Gasteiger partial charge in [-0.2, -0.15) is 0 Å². The molecule has 0 spiro atoms. The Morgan fingerprint density at radius 3 is 2.29 bits per heavy atom. The van der Waals surface area contributed by atoms with Gasteiger partial charge in [-0.3, -0.25) is 0 Å². The van der Waals surface area contributed by atoms with Gasteiger partial charge in [-0.15, -0.1) is 0 Å². The van der Waals surface area contributed by atoms with Gasteiger partial charge in [-0.05, 0) is 53.0 Å². The van der Waals surface area contributed by atoms with Gasteiger partial charge in [0.1, 0.15) is 0 Å². The maximum Gasteiger partial charge on any atom is 0.0284 e. The van der Waals surface area contributed by atoms with Gasteiger partial charge in [0.05, 0.1) is 0 Å².